The largest absolute Gasteiger partial charge is 0.385 e. The van der Waals surface area contributed by atoms with Gasteiger partial charge in [-0.2, -0.15) is 0 Å². The lowest BCUT2D eigenvalue weighted by molar-refractivity contribution is 0.0853. The molecule has 0 spiro atoms. The number of rotatable bonds is 8. The van der Waals surface area contributed by atoms with E-state index in [4.69, 9.17) is 9.47 Å². The Labute approximate surface area is 124 Å². The van der Waals surface area contributed by atoms with Crippen molar-refractivity contribution in [2.75, 3.05) is 38.7 Å². The molecule has 1 aliphatic heterocycles. The molecule has 116 valence electrons. The van der Waals surface area contributed by atoms with Crippen molar-refractivity contribution in [3.8, 4) is 0 Å². The van der Waals surface area contributed by atoms with Crippen LogP contribution in [0.25, 0.3) is 0 Å². The molecule has 1 aromatic heterocycles. The van der Waals surface area contributed by atoms with Crippen molar-refractivity contribution in [2.24, 2.45) is 0 Å². The van der Waals surface area contributed by atoms with Crippen LogP contribution in [-0.4, -0.2) is 55.4 Å². The third kappa shape index (κ3) is 5.28. The van der Waals surface area contributed by atoms with Crippen molar-refractivity contribution in [3.63, 3.8) is 0 Å². The predicted molar refractivity (Wildman–Crippen MR) is 78.3 cm³/mol. The Bertz CT molecular complexity index is 450. The van der Waals surface area contributed by atoms with Crippen molar-refractivity contribution < 1.29 is 14.3 Å². The van der Waals surface area contributed by atoms with Crippen LogP contribution in [0.15, 0.2) is 12.3 Å². The predicted octanol–water partition coefficient (Wildman–Crippen LogP) is 0.834. The molecule has 2 N–H and O–H groups in total. The molecular formula is C14H22N4O3. The first-order valence-electron chi connectivity index (χ1n) is 7.25. The van der Waals surface area contributed by atoms with Gasteiger partial charge < -0.3 is 20.1 Å². The molecule has 7 heteroatoms. The van der Waals surface area contributed by atoms with E-state index in [2.05, 4.69) is 20.6 Å². The average Bonchev–Trinajstić information content (AvgIpc) is 3.03. The highest BCUT2D eigenvalue weighted by Gasteiger charge is 2.17. The van der Waals surface area contributed by atoms with E-state index in [0.29, 0.717) is 31.3 Å². The van der Waals surface area contributed by atoms with Crippen LogP contribution in [0.2, 0.25) is 0 Å². The van der Waals surface area contributed by atoms with E-state index < -0.39 is 0 Å². The summed E-state index contributed by atoms with van der Waals surface area (Å²) in [6.45, 7) is 2.69. The number of hydrogen-bond donors (Lipinski definition) is 2. The molecule has 0 aromatic carbocycles. The Morgan fingerprint density at radius 2 is 2.48 bits per heavy atom. The van der Waals surface area contributed by atoms with E-state index in [1.54, 1.807) is 19.4 Å². The summed E-state index contributed by atoms with van der Waals surface area (Å²) in [5.74, 6) is 0.253. The summed E-state index contributed by atoms with van der Waals surface area (Å²) < 4.78 is 10.4. The van der Waals surface area contributed by atoms with Gasteiger partial charge in [0.15, 0.2) is 0 Å². The minimum Gasteiger partial charge on any atom is -0.385 e. The van der Waals surface area contributed by atoms with E-state index in [9.17, 15) is 4.79 Å². The summed E-state index contributed by atoms with van der Waals surface area (Å²) >= 11 is 0. The van der Waals surface area contributed by atoms with Crippen molar-refractivity contribution in [2.45, 2.75) is 25.4 Å². The fraction of sp³-hybridized carbons (Fsp3) is 0.643. The van der Waals surface area contributed by atoms with Gasteiger partial charge in [0.1, 0.15) is 5.69 Å². The zero-order valence-electron chi connectivity index (χ0n) is 12.3. The minimum atomic E-state index is -0.201. The van der Waals surface area contributed by atoms with Gasteiger partial charge in [0.05, 0.1) is 6.10 Å². The van der Waals surface area contributed by atoms with Crippen molar-refractivity contribution >= 4 is 11.9 Å². The monoisotopic (exact) mass is 294 g/mol. The average molecular weight is 294 g/mol. The number of nitrogens with zero attached hydrogens (tertiary/aromatic N) is 2. The number of methoxy groups -OCH3 is 1. The van der Waals surface area contributed by atoms with Crippen molar-refractivity contribution in [1.29, 1.82) is 0 Å². The second-order valence-corrected chi connectivity index (χ2v) is 4.88. The smallest absolute Gasteiger partial charge is 0.270 e. The molecule has 2 heterocycles. The van der Waals surface area contributed by atoms with Crippen LogP contribution in [-0.2, 0) is 9.47 Å². The molecule has 0 saturated carbocycles. The molecule has 1 fully saturated rings. The van der Waals surface area contributed by atoms with Crippen LogP contribution in [0.4, 0.5) is 5.95 Å². The Morgan fingerprint density at radius 3 is 3.24 bits per heavy atom. The summed E-state index contributed by atoms with van der Waals surface area (Å²) in [5.41, 5.74) is 0.359. The van der Waals surface area contributed by atoms with Crippen molar-refractivity contribution in [3.05, 3.63) is 18.0 Å². The van der Waals surface area contributed by atoms with Gasteiger partial charge in [-0.15, -0.1) is 0 Å². The molecule has 2 rings (SSSR count). The molecule has 0 radical (unpaired) electrons. The topological polar surface area (TPSA) is 85.4 Å². The van der Waals surface area contributed by atoms with E-state index in [1.807, 2.05) is 0 Å². The van der Waals surface area contributed by atoms with Crippen LogP contribution in [0.5, 0.6) is 0 Å². The van der Waals surface area contributed by atoms with Crippen LogP contribution >= 0.6 is 0 Å². The number of anilines is 1. The number of carbonyl (C=O) groups excluding carboxylic acids is 1. The highest BCUT2D eigenvalue weighted by atomic mass is 16.5. The maximum Gasteiger partial charge on any atom is 0.270 e. The first-order valence-corrected chi connectivity index (χ1v) is 7.25. The normalized spacial score (nSPS) is 17.7. The first-order chi connectivity index (χ1) is 10.3. The first kappa shape index (κ1) is 15.7. The second kappa shape index (κ2) is 8.53. The molecule has 1 amide bonds. The van der Waals surface area contributed by atoms with Crippen molar-refractivity contribution in [1.82, 2.24) is 15.3 Å². The number of carbonyl (C=O) groups is 1. The molecule has 1 aromatic rings. The summed E-state index contributed by atoms with van der Waals surface area (Å²) in [6.07, 6.45) is 4.62. The molecule has 0 bridgehead atoms. The zero-order chi connectivity index (χ0) is 14.9. The number of nitrogens with one attached hydrogen (secondary N) is 2. The summed E-state index contributed by atoms with van der Waals surface area (Å²) in [7, 11) is 1.66. The Morgan fingerprint density at radius 1 is 1.57 bits per heavy atom. The number of amides is 1. The lowest BCUT2D eigenvalue weighted by atomic mass is 10.2. The Kier molecular flexibility index (Phi) is 6.36. The summed E-state index contributed by atoms with van der Waals surface area (Å²) in [5, 5.41) is 5.91. The number of aromatic nitrogens is 2. The van der Waals surface area contributed by atoms with E-state index in [1.165, 1.54) is 0 Å². The summed E-state index contributed by atoms with van der Waals surface area (Å²) in [4.78, 5) is 20.3. The zero-order valence-corrected chi connectivity index (χ0v) is 12.3. The van der Waals surface area contributed by atoms with Crippen LogP contribution in [0.3, 0.4) is 0 Å². The molecule has 1 saturated heterocycles. The minimum absolute atomic E-state index is 0.127. The van der Waals surface area contributed by atoms with E-state index in [0.717, 1.165) is 25.9 Å². The van der Waals surface area contributed by atoms with Crippen LogP contribution in [0, 0.1) is 0 Å². The van der Waals surface area contributed by atoms with Gasteiger partial charge in [0.2, 0.25) is 5.95 Å². The number of hydrogen-bond acceptors (Lipinski definition) is 6. The highest BCUT2D eigenvalue weighted by molar-refractivity contribution is 5.92. The molecule has 1 unspecified atom stereocenters. The third-order valence-electron chi connectivity index (χ3n) is 3.21. The van der Waals surface area contributed by atoms with Gasteiger partial charge in [-0.1, -0.05) is 0 Å². The Balaban J connectivity index is 1.79. The molecule has 1 atom stereocenters. The molecule has 1 aliphatic rings. The molecule has 0 aliphatic carbocycles. The standard InChI is InChI=1S/C14H22N4O3/c1-20-8-3-6-15-14-16-7-5-12(18-14)13(19)17-10-11-4-2-9-21-11/h5,7,11H,2-4,6,8-10H2,1H3,(H,17,19)(H,15,16,18). The third-order valence-corrected chi connectivity index (χ3v) is 3.21. The van der Waals surface area contributed by atoms with Gasteiger partial charge in [-0.3, -0.25) is 4.79 Å². The highest BCUT2D eigenvalue weighted by Crippen LogP contribution is 2.10. The van der Waals surface area contributed by atoms with Gasteiger partial charge in [-0.05, 0) is 25.3 Å². The fourth-order valence-electron chi connectivity index (χ4n) is 2.09. The molecular weight excluding hydrogens is 272 g/mol. The van der Waals surface area contributed by atoms with Gasteiger partial charge in [0.25, 0.3) is 5.91 Å². The second-order valence-electron chi connectivity index (χ2n) is 4.88. The number of ether oxygens (including phenoxy) is 2. The van der Waals surface area contributed by atoms with Gasteiger partial charge in [-0.25, -0.2) is 9.97 Å². The fourth-order valence-corrected chi connectivity index (χ4v) is 2.09. The quantitative estimate of drug-likeness (QED) is 0.691. The lowest BCUT2D eigenvalue weighted by Crippen LogP contribution is -2.32. The Hall–Kier alpha value is -1.73. The van der Waals surface area contributed by atoms with E-state index >= 15 is 0 Å². The lowest BCUT2D eigenvalue weighted by Gasteiger charge is -2.11. The molecule has 7 nitrogen and oxygen atoms in total. The van der Waals surface area contributed by atoms with Crippen LogP contribution in [0.1, 0.15) is 29.8 Å². The van der Waals surface area contributed by atoms with Gasteiger partial charge in [0, 0.05) is 39.6 Å². The molecule has 21 heavy (non-hydrogen) atoms. The SMILES string of the molecule is COCCCNc1nccc(C(=O)NCC2CCCO2)n1. The van der Waals surface area contributed by atoms with Gasteiger partial charge >= 0.3 is 0 Å². The summed E-state index contributed by atoms with van der Waals surface area (Å²) in [6, 6.07) is 1.60. The maximum atomic E-state index is 12.0. The van der Waals surface area contributed by atoms with E-state index in [-0.39, 0.29) is 12.0 Å². The maximum absolute atomic E-state index is 12.0. The van der Waals surface area contributed by atoms with Crippen LogP contribution < -0.4 is 10.6 Å².